The van der Waals surface area contributed by atoms with E-state index < -0.39 is 5.41 Å². The van der Waals surface area contributed by atoms with Crippen LogP contribution in [0.5, 0.6) is 0 Å². The molecule has 2 atom stereocenters. The standard InChI is InChI=1S/C20H29N3O3/c1-20(18(24)21-13-16-7-3-2-4-8-16)10-6-11-23(15-20)19(25)22-14-17-9-5-12-26-17/h2-4,7-8,17H,5-6,9-15H2,1H3,(H,21,24)(H,22,25)/t17-,20-/m1/s1. The molecule has 2 saturated heterocycles. The van der Waals surface area contributed by atoms with Crippen LogP contribution < -0.4 is 10.6 Å². The molecule has 2 aliphatic rings. The van der Waals surface area contributed by atoms with E-state index in [2.05, 4.69) is 10.6 Å². The van der Waals surface area contributed by atoms with Gasteiger partial charge in [-0.25, -0.2) is 4.79 Å². The van der Waals surface area contributed by atoms with E-state index >= 15 is 0 Å². The molecule has 0 bridgehead atoms. The molecule has 0 aliphatic carbocycles. The lowest BCUT2D eigenvalue weighted by Gasteiger charge is -2.39. The number of rotatable bonds is 5. The quantitative estimate of drug-likeness (QED) is 0.847. The molecule has 3 amide bonds. The number of benzene rings is 1. The van der Waals surface area contributed by atoms with Gasteiger partial charge in [-0.1, -0.05) is 30.3 Å². The minimum absolute atomic E-state index is 0.0120. The lowest BCUT2D eigenvalue weighted by Crippen LogP contribution is -2.54. The lowest BCUT2D eigenvalue weighted by atomic mass is 9.81. The van der Waals surface area contributed by atoms with Gasteiger partial charge in [0, 0.05) is 32.8 Å². The molecule has 2 fully saturated rings. The van der Waals surface area contributed by atoms with Gasteiger partial charge in [0.15, 0.2) is 0 Å². The van der Waals surface area contributed by atoms with Crippen molar-refractivity contribution in [2.24, 2.45) is 5.41 Å². The number of hydrogen-bond acceptors (Lipinski definition) is 3. The molecule has 0 aromatic heterocycles. The first-order chi connectivity index (χ1) is 12.6. The van der Waals surface area contributed by atoms with Gasteiger partial charge >= 0.3 is 6.03 Å². The number of likely N-dealkylation sites (tertiary alicyclic amines) is 1. The number of urea groups is 1. The Morgan fingerprint density at radius 3 is 2.77 bits per heavy atom. The van der Waals surface area contributed by atoms with Crippen LogP contribution in [0, 0.1) is 5.41 Å². The summed E-state index contributed by atoms with van der Waals surface area (Å²) in [6.07, 6.45) is 3.82. The molecule has 0 radical (unpaired) electrons. The second-order valence-corrected chi connectivity index (χ2v) is 7.58. The summed E-state index contributed by atoms with van der Waals surface area (Å²) >= 11 is 0. The van der Waals surface area contributed by atoms with Gasteiger partial charge in [-0.2, -0.15) is 0 Å². The smallest absolute Gasteiger partial charge is 0.317 e. The van der Waals surface area contributed by atoms with Gasteiger partial charge in [0.1, 0.15) is 0 Å². The normalized spacial score (nSPS) is 25.7. The van der Waals surface area contributed by atoms with Gasteiger partial charge < -0.3 is 20.3 Å². The van der Waals surface area contributed by atoms with Crippen molar-refractivity contribution in [3.05, 3.63) is 35.9 Å². The first-order valence-corrected chi connectivity index (χ1v) is 9.53. The molecule has 2 heterocycles. The number of ether oxygens (including phenoxy) is 1. The summed E-state index contributed by atoms with van der Waals surface area (Å²) in [5.41, 5.74) is 0.528. The van der Waals surface area contributed by atoms with Crippen LogP contribution in [0.1, 0.15) is 38.2 Å². The van der Waals surface area contributed by atoms with E-state index in [0.717, 1.165) is 37.9 Å². The van der Waals surface area contributed by atoms with Crippen LogP contribution in [0.15, 0.2) is 30.3 Å². The molecule has 6 nitrogen and oxygen atoms in total. The topological polar surface area (TPSA) is 70.7 Å². The molecule has 142 valence electrons. The van der Waals surface area contributed by atoms with Gasteiger partial charge in [0.25, 0.3) is 0 Å². The van der Waals surface area contributed by atoms with E-state index in [0.29, 0.717) is 26.2 Å². The van der Waals surface area contributed by atoms with Crippen LogP contribution in [0.2, 0.25) is 0 Å². The Kier molecular flexibility index (Phi) is 6.14. The SMILES string of the molecule is C[C@@]1(C(=O)NCc2ccccc2)CCCN(C(=O)NC[C@H]2CCCO2)C1. The highest BCUT2D eigenvalue weighted by atomic mass is 16.5. The zero-order valence-corrected chi connectivity index (χ0v) is 15.5. The number of nitrogens with one attached hydrogen (secondary N) is 2. The Morgan fingerprint density at radius 1 is 1.23 bits per heavy atom. The fourth-order valence-electron chi connectivity index (χ4n) is 3.71. The lowest BCUT2D eigenvalue weighted by molar-refractivity contribution is -0.132. The van der Waals surface area contributed by atoms with Crippen molar-refractivity contribution in [2.75, 3.05) is 26.2 Å². The van der Waals surface area contributed by atoms with E-state index in [1.165, 1.54) is 0 Å². The fourth-order valence-corrected chi connectivity index (χ4v) is 3.71. The zero-order chi connectivity index (χ0) is 18.4. The third-order valence-electron chi connectivity index (χ3n) is 5.33. The maximum atomic E-state index is 12.7. The first kappa shape index (κ1) is 18.7. The van der Waals surface area contributed by atoms with E-state index in [1.807, 2.05) is 37.3 Å². The molecule has 3 rings (SSSR count). The second kappa shape index (κ2) is 8.54. The molecular weight excluding hydrogens is 330 g/mol. The van der Waals surface area contributed by atoms with E-state index in [9.17, 15) is 9.59 Å². The van der Waals surface area contributed by atoms with E-state index in [-0.39, 0.29) is 18.0 Å². The van der Waals surface area contributed by atoms with Crippen molar-refractivity contribution in [3.63, 3.8) is 0 Å². The van der Waals surface area contributed by atoms with Gasteiger partial charge in [-0.15, -0.1) is 0 Å². The Hall–Kier alpha value is -2.08. The summed E-state index contributed by atoms with van der Waals surface area (Å²) in [6, 6.07) is 9.78. The molecule has 1 aromatic carbocycles. The summed E-state index contributed by atoms with van der Waals surface area (Å²) in [5.74, 6) is 0.0120. The van der Waals surface area contributed by atoms with Crippen molar-refractivity contribution >= 4 is 11.9 Å². The number of piperidine rings is 1. The van der Waals surface area contributed by atoms with Crippen molar-refractivity contribution < 1.29 is 14.3 Å². The second-order valence-electron chi connectivity index (χ2n) is 7.58. The Bertz CT molecular complexity index is 616. The Labute approximate surface area is 155 Å². The Balaban J connectivity index is 1.50. The Morgan fingerprint density at radius 2 is 2.04 bits per heavy atom. The van der Waals surface area contributed by atoms with Crippen LogP contribution in [-0.2, 0) is 16.1 Å². The molecule has 2 N–H and O–H groups in total. The number of amides is 3. The van der Waals surface area contributed by atoms with Crippen molar-refractivity contribution in [3.8, 4) is 0 Å². The maximum Gasteiger partial charge on any atom is 0.317 e. The van der Waals surface area contributed by atoms with Crippen LogP contribution in [-0.4, -0.2) is 49.2 Å². The minimum Gasteiger partial charge on any atom is -0.376 e. The van der Waals surface area contributed by atoms with Crippen LogP contribution in [0.4, 0.5) is 4.79 Å². The van der Waals surface area contributed by atoms with E-state index in [1.54, 1.807) is 4.90 Å². The number of carbonyl (C=O) groups excluding carboxylic acids is 2. The van der Waals surface area contributed by atoms with Gasteiger partial charge in [0.2, 0.25) is 5.91 Å². The third kappa shape index (κ3) is 4.75. The molecule has 0 spiro atoms. The maximum absolute atomic E-state index is 12.7. The first-order valence-electron chi connectivity index (χ1n) is 9.53. The predicted molar refractivity (Wildman–Crippen MR) is 99.6 cm³/mol. The van der Waals surface area contributed by atoms with Gasteiger partial charge in [-0.3, -0.25) is 4.79 Å². The zero-order valence-electron chi connectivity index (χ0n) is 15.5. The summed E-state index contributed by atoms with van der Waals surface area (Å²) in [4.78, 5) is 27.0. The molecule has 1 aromatic rings. The summed E-state index contributed by atoms with van der Waals surface area (Å²) in [7, 11) is 0. The summed E-state index contributed by atoms with van der Waals surface area (Å²) in [6.45, 7) is 4.94. The number of nitrogens with zero attached hydrogens (tertiary/aromatic N) is 1. The van der Waals surface area contributed by atoms with Crippen LogP contribution >= 0.6 is 0 Å². The molecule has 2 aliphatic heterocycles. The van der Waals surface area contributed by atoms with Crippen LogP contribution in [0.3, 0.4) is 0 Å². The largest absolute Gasteiger partial charge is 0.376 e. The van der Waals surface area contributed by atoms with Crippen molar-refractivity contribution in [1.29, 1.82) is 0 Å². The third-order valence-corrected chi connectivity index (χ3v) is 5.33. The molecule has 0 unspecified atom stereocenters. The highest BCUT2D eigenvalue weighted by molar-refractivity contribution is 5.84. The number of carbonyl (C=O) groups is 2. The average Bonchev–Trinajstić information content (AvgIpc) is 3.18. The van der Waals surface area contributed by atoms with Gasteiger partial charge in [0.05, 0.1) is 11.5 Å². The van der Waals surface area contributed by atoms with E-state index in [4.69, 9.17) is 4.74 Å². The minimum atomic E-state index is -0.547. The fraction of sp³-hybridized carbons (Fsp3) is 0.600. The highest BCUT2D eigenvalue weighted by Crippen LogP contribution is 2.30. The molecule has 0 saturated carbocycles. The van der Waals surface area contributed by atoms with Crippen molar-refractivity contribution in [2.45, 2.75) is 45.3 Å². The molecule has 6 heteroatoms. The molecular formula is C20H29N3O3. The van der Waals surface area contributed by atoms with Crippen LogP contribution in [0.25, 0.3) is 0 Å². The number of hydrogen-bond donors (Lipinski definition) is 2. The summed E-state index contributed by atoms with van der Waals surface area (Å²) < 4.78 is 5.55. The predicted octanol–water partition coefficient (Wildman–Crippen LogP) is 2.29. The van der Waals surface area contributed by atoms with Crippen molar-refractivity contribution in [1.82, 2.24) is 15.5 Å². The average molecular weight is 359 g/mol. The molecule has 26 heavy (non-hydrogen) atoms. The monoisotopic (exact) mass is 359 g/mol. The summed E-state index contributed by atoms with van der Waals surface area (Å²) in [5, 5.41) is 5.99. The van der Waals surface area contributed by atoms with Gasteiger partial charge in [-0.05, 0) is 38.2 Å². The highest BCUT2D eigenvalue weighted by Gasteiger charge is 2.39.